The summed E-state index contributed by atoms with van der Waals surface area (Å²) in [5.41, 5.74) is 3.01. The Hall–Kier alpha value is -1.91. The fourth-order valence-corrected chi connectivity index (χ4v) is 1.51. The molecule has 0 atom stereocenters. The smallest absolute Gasteiger partial charge is 0.222 e. The Morgan fingerprint density at radius 3 is 2.81 bits per heavy atom. The Labute approximate surface area is 94.5 Å². The van der Waals surface area contributed by atoms with E-state index in [-0.39, 0.29) is 0 Å². The highest BCUT2D eigenvalue weighted by molar-refractivity contribution is 5.61. The minimum atomic E-state index is 0.629. The van der Waals surface area contributed by atoms with Crippen LogP contribution in [-0.4, -0.2) is 26.8 Å². The minimum absolute atomic E-state index is 0.629. The maximum atomic E-state index is 4.43. The quantitative estimate of drug-likeness (QED) is 0.850. The third-order valence-electron chi connectivity index (χ3n) is 2.43. The number of aryl methyl sites for hydroxylation is 2. The molecule has 0 saturated carbocycles. The highest BCUT2D eigenvalue weighted by atomic mass is 15.3. The van der Waals surface area contributed by atoms with Crippen LogP contribution in [0, 0.1) is 6.92 Å². The molecule has 1 N–H and O–H groups in total. The van der Waals surface area contributed by atoms with Gasteiger partial charge in [-0.25, -0.2) is 9.97 Å². The Morgan fingerprint density at radius 2 is 2.19 bits per heavy atom. The molecular formula is C11H15N5. The standard InChI is InChI=1S/C11H15N5/c1-4-16-7-9(6-14-16)10-8(2)5-13-11(12-3)15-10/h5-7H,4H2,1-3H3,(H,12,13,15). The van der Waals surface area contributed by atoms with Crippen LogP contribution in [0.25, 0.3) is 11.3 Å². The maximum absolute atomic E-state index is 4.43. The van der Waals surface area contributed by atoms with Crippen LogP contribution < -0.4 is 5.32 Å². The monoisotopic (exact) mass is 217 g/mol. The molecule has 16 heavy (non-hydrogen) atoms. The van der Waals surface area contributed by atoms with E-state index in [9.17, 15) is 0 Å². The van der Waals surface area contributed by atoms with E-state index in [4.69, 9.17) is 0 Å². The number of rotatable bonds is 3. The molecule has 0 bridgehead atoms. The van der Waals surface area contributed by atoms with E-state index in [1.54, 1.807) is 0 Å². The lowest BCUT2D eigenvalue weighted by atomic mass is 10.1. The molecule has 0 fully saturated rings. The zero-order chi connectivity index (χ0) is 11.5. The lowest BCUT2D eigenvalue weighted by Gasteiger charge is -2.04. The third-order valence-corrected chi connectivity index (χ3v) is 2.43. The lowest BCUT2D eigenvalue weighted by molar-refractivity contribution is 0.660. The first-order valence-corrected chi connectivity index (χ1v) is 5.28. The second kappa shape index (κ2) is 4.30. The summed E-state index contributed by atoms with van der Waals surface area (Å²) in [6, 6.07) is 0. The number of anilines is 1. The van der Waals surface area contributed by atoms with Crippen molar-refractivity contribution in [1.29, 1.82) is 0 Å². The van der Waals surface area contributed by atoms with Gasteiger partial charge in [0.05, 0.1) is 11.9 Å². The molecule has 0 aliphatic rings. The summed E-state index contributed by atoms with van der Waals surface area (Å²) in [7, 11) is 1.81. The van der Waals surface area contributed by atoms with Gasteiger partial charge in [0, 0.05) is 31.5 Å². The summed E-state index contributed by atoms with van der Waals surface area (Å²) in [5, 5.41) is 7.18. The van der Waals surface area contributed by atoms with Crippen molar-refractivity contribution in [2.75, 3.05) is 12.4 Å². The number of nitrogens with zero attached hydrogens (tertiary/aromatic N) is 4. The van der Waals surface area contributed by atoms with Crippen molar-refractivity contribution in [3.8, 4) is 11.3 Å². The number of aromatic nitrogens is 4. The molecule has 0 spiro atoms. The molecule has 5 nitrogen and oxygen atoms in total. The molecule has 84 valence electrons. The van der Waals surface area contributed by atoms with Crippen molar-refractivity contribution in [3.63, 3.8) is 0 Å². The van der Waals surface area contributed by atoms with Crippen molar-refractivity contribution in [3.05, 3.63) is 24.2 Å². The normalized spacial score (nSPS) is 10.4. The van der Waals surface area contributed by atoms with Crippen LogP contribution in [0.2, 0.25) is 0 Å². The van der Waals surface area contributed by atoms with Gasteiger partial charge in [-0.15, -0.1) is 0 Å². The highest BCUT2D eigenvalue weighted by Gasteiger charge is 2.07. The van der Waals surface area contributed by atoms with Crippen LogP contribution in [-0.2, 0) is 6.54 Å². The van der Waals surface area contributed by atoms with Crippen LogP contribution in [0.4, 0.5) is 5.95 Å². The average molecular weight is 217 g/mol. The third kappa shape index (κ3) is 1.88. The van der Waals surface area contributed by atoms with Crippen LogP contribution in [0.15, 0.2) is 18.6 Å². The molecule has 2 aromatic heterocycles. The van der Waals surface area contributed by atoms with Gasteiger partial charge in [-0.3, -0.25) is 4.68 Å². The van der Waals surface area contributed by atoms with Crippen molar-refractivity contribution in [1.82, 2.24) is 19.7 Å². The van der Waals surface area contributed by atoms with Crippen LogP contribution in [0.5, 0.6) is 0 Å². The predicted octanol–water partition coefficient (Wildman–Crippen LogP) is 1.71. The molecule has 0 aliphatic carbocycles. The average Bonchev–Trinajstić information content (AvgIpc) is 2.78. The fraction of sp³-hybridized carbons (Fsp3) is 0.364. The topological polar surface area (TPSA) is 55.6 Å². The summed E-state index contributed by atoms with van der Waals surface area (Å²) in [6.45, 7) is 4.92. The van der Waals surface area contributed by atoms with E-state index in [0.29, 0.717) is 5.95 Å². The van der Waals surface area contributed by atoms with Crippen LogP contribution >= 0.6 is 0 Å². The predicted molar refractivity (Wildman–Crippen MR) is 63.2 cm³/mol. The molecule has 5 heteroatoms. The first-order chi connectivity index (χ1) is 7.74. The molecule has 2 rings (SSSR count). The Bertz CT molecular complexity index is 489. The Morgan fingerprint density at radius 1 is 1.38 bits per heavy atom. The first kappa shape index (κ1) is 10.6. The molecule has 2 aromatic rings. The molecular weight excluding hydrogens is 202 g/mol. The summed E-state index contributed by atoms with van der Waals surface area (Å²) in [5.74, 6) is 0.629. The second-order valence-corrected chi connectivity index (χ2v) is 3.56. The maximum Gasteiger partial charge on any atom is 0.222 e. The fourth-order valence-electron chi connectivity index (χ4n) is 1.51. The largest absolute Gasteiger partial charge is 0.357 e. The summed E-state index contributed by atoms with van der Waals surface area (Å²) in [6.07, 6.45) is 5.64. The zero-order valence-corrected chi connectivity index (χ0v) is 9.73. The van der Waals surface area contributed by atoms with E-state index < -0.39 is 0 Å². The summed E-state index contributed by atoms with van der Waals surface area (Å²) in [4.78, 5) is 8.59. The van der Waals surface area contributed by atoms with Gasteiger partial charge in [0.25, 0.3) is 0 Å². The van der Waals surface area contributed by atoms with Crippen LogP contribution in [0.1, 0.15) is 12.5 Å². The number of hydrogen-bond acceptors (Lipinski definition) is 4. The zero-order valence-electron chi connectivity index (χ0n) is 9.73. The van der Waals surface area contributed by atoms with E-state index in [2.05, 4.69) is 27.3 Å². The van der Waals surface area contributed by atoms with Crippen molar-refractivity contribution in [2.45, 2.75) is 20.4 Å². The number of nitrogens with one attached hydrogen (secondary N) is 1. The Kier molecular flexibility index (Phi) is 2.85. The minimum Gasteiger partial charge on any atom is -0.357 e. The molecule has 0 amide bonds. The molecule has 0 radical (unpaired) electrons. The SMILES string of the molecule is CCn1cc(-c2nc(NC)ncc2C)cn1. The van der Waals surface area contributed by atoms with Crippen molar-refractivity contribution in [2.24, 2.45) is 0 Å². The molecule has 0 unspecified atom stereocenters. The molecule has 0 saturated heterocycles. The van der Waals surface area contributed by atoms with Crippen molar-refractivity contribution < 1.29 is 0 Å². The number of hydrogen-bond donors (Lipinski definition) is 1. The van der Waals surface area contributed by atoms with Gasteiger partial charge in [0.2, 0.25) is 5.95 Å². The van der Waals surface area contributed by atoms with E-state index in [0.717, 1.165) is 23.4 Å². The van der Waals surface area contributed by atoms with Gasteiger partial charge in [-0.2, -0.15) is 5.10 Å². The second-order valence-electron chi connectivity index (χ2n) is 3.56. The van der Waals surface area contributed by atoms with Crippen LogP contribution in [0.3, 0.4) is 0 Å². The summed E-state index contributed by atoms with van der Waals surface area (Å²) < 4.78 is 1.88. The van der Waals surface area contributed by atoms with Gasteiger partial charge in [-0.1, -0.05) is 0 Å². The van der Waals surface area contributed by atoms with Gasteiger partial charge >= 0.3 is 0 Å². The highest BCUT2D eigenvalue weighted by Crippen LogP contribution is 2.20. The van der Waals surface area contributed by atoms with Gasteiger partial charge in [0.15, 0.2) is 0 Å². The van der Waals surface area contributed by atoms with Gasteiger partial charge in [0.1, 0.15) is 0 Å². The van der Waals surface area contributed by atoms with E-state index in [1.165, 1.54) is 0 Å². The van der Waals surface area contributed by atoms with Gasteiger partial charge < -0.3 is 5.32 Å². The molecule has 2 heterocycles. The molecule has 0 aromatic carbocycles. The van der Waals surface area contributed by atoms with E-state index >= 15 is 0 Å². The first-order valence-electron chi connectivity index (χ1n) is 5.28. The molecule has 0 aliphatic heterocycles. The lowest BCUT2D eigenvalue weighted by Crippen LogP contribution is -1.98. The van der Waals surface area contributed by atoms with Crippen molar-refractivity contribution >= 4 is 5.95 Å². The van der Waals surface area contributed by atoms with Gasteiger partial charge in [-0.05, 0) is 19.4 Å². The summed E-state index contributed by atoms with van der Waals surface area (Å²) >= 11 is 0. The van der Waals surface area contributed by atoms with E-state index in [1.807, 2.05) is 37.2 Å². The Balaban J connectivity index is 2.45.